The SMILES string of the molecule is O=C1c2ccccc2C(=O)N1CSc1nnc(-c2ccc(Cl)cc2Cl)n1C1CCCCC1. The molecule has 0 spiro atoms. The summed E-state index contributed by atoms with van der Waals surface area (Å²) >= 11 is 13.9. The minimum absolute atomic E-state index is 0.172. The number of benzene rings is 2. The lowest BCUT2D eigenvalue weighted by molar-refractivity contribution is 0.0684. The number of nitrogens with zero attached hydrogens (tertiary/aromatic N) is 4. The van der Waals surface area contributed by atoms with E-state index in [1.807, 2.05) is 6.07 Å². The number of thioether (sulfide) groups is 1. The predicted octanol–water partition coefficient (Wildman–Crippen LogP) is 6.10. The van der Waals surface area contributed by atoms with Gasteiger partial charge in [0.25, 0.3) is 11.8 Å². The second-order valence-corrected chi connectivity index (χ2v) is 9.71. The number of hydrogen-bond acceptors (Lipinski definition) is 5. The van der Waals surface area contributed by atoms with Gasteiger partial charge >= 0.3 is 0 Å². The standard InChI is InChI=1S/C23H20Cl2N4O2S/c24-14-10-11-18(19(25)12-14)20-26-27-23(29(20)15-6-2-1-3-7-15)32-13-28-21(30)16-8-4-5-9-17(16)22(28)31/h4-5,8-12,15H,1-3,6-7,13H2. The second kappa shape index (κ2) is 8.89. The molecular formula is C23H20Cl2N4O2S. The average molecular weight is 487 g/mol. The van der Waals surface area contributed by atoms with Gasteiger partial charge in [0, 0.05) is 16.6 Å². The van der Waals surface area contributed by atoms with E-state index in [2.05, 4.69) is 14.8 Å². The van der Waals surface area contributed by atoms with Gasteiger partial charge in [-0.2, -0.15) is 0 Å². The number of amides is 2. The van der Waals surface area contributed by atoms with Gasteiger partial charge in [-0.25, -0.2) is 0 Å². The predicted molar refractivity (Wildman–Crippen MR) is 125 cm³/mol. The van der Waals surface area contributed by atoms with Crippen LogP contribution in [-0.4, -0.2) is 37.4 Å². The van der Waals surface area contributed by atoms with Gasteiger partial charge in [-0.1, -0.05) is 66.4 Å². The summed E-state index contributed by atoms with van der Waals surface area (Å²) in [5, 5.41) is 10.6. The molecule has 3 aromatic rings. The van der Waals surface area contributed by atoms with Gasteiger partial charge in [-0.3, -0.25) is 19.1 Å². The summed E-state index contributed by atoms with van der Waals surface area (Å²) in [6, 6.07) is 12.5. The summed E-state index contributed by atoms with van der Waals surface area (Å²) < 4.78 is 2.12. The normalized spacial score (nSPS) is 16.6. The molecule has 0 bridgehead atoms. The van der Waals surface area contributed by atoms with Crippen molar-refractivity contribution in [2.45, 2.75) is 43.3 Å². The molecule has 2 heterocycles. The Hall–Kier alpha value is -2.35. The van der Waals surface area contributed by atoms with Crippen LogP contribution in [-0.2, 0) is 0 Å². The van der Waals surface area contributed by atoms with Crippen LogP contribution in [0, 0.1) is 0 Å². The second-order valence-electron chi connectivity index (χ2n) is 7.95. The van der Waals surface area contributed by atoms with Crippen LogP contribution in [0.3, 0.4) is 0 Å². The summed E-state index contributed by atoms with van der Waals surface area (Å²) in [7, 11) is 0. The first kappa shape index (κ1) is 21.5. The topological polar surface area (TPSA) is 68.1 Å². The summed E-state index contributed by atoms with van der Waals surface area (Å²) in [6.45, 7) is 0. The van der Waals surface area contributed by atoms with Crippen LogP contribution in [0.15, 0.2) is 47.6 Å². The highest BCUT2D eigenvalue weighted by Gasteiger charge is 2.35. The van der Waals surface area contributed by atoms with Gasteiger partial charge in [0.1, 0.15) is 0 Å². The molecule has 164 valence electrons. The Kier molecular flexibility index (Phi) is 5.97. The molecule has 0 atom stereocenters. The lowest BCUT2D eigenvalue weighted by Crippen LogP contribution is -2.29. The zero-order valence-electron chi connectivity index (χ0n) is 17.1. The van der Waals surface area contributed by atoms with Crippen LogP contribution in [0.1, 0.15) is 58.9 Å². The molecule has 1 aliphatic heterocycles. The van der Waals surface area contributed by atoms with Crippen molar-refractivity contribution in [2.24, 2.45) is 0 Å². The number of carbonyl (C=O) groups excluding carboxylic acids is 2. The van der Waals surface area contributed by atoms with E-state index in [9.17, 15) is 9.59 Å². The molecule has 0 unspecified atom stereocenters. The minimum Gasteiger partial charge on any atom is -0.299 e. The lowest BCUT2D eigenvalue weighted by Gasteiger charge is -2.26. The third-order valence-corrected chi connectivity index (χ3v) is 7.45. The molecule has 0 N–H and O–H groups in total. The highest BCUT2D eigenvalue weighted by Crippen LogP contribution is 2.38. The van der Waals surface area contributed by atoms with Crippen LogP contribution in [0.4, 0.5) is 0 Å². The summed E-state index contributed by atoms with van der Waals surface area (Å²) in [4.78, 5) is 26.7. The van der Waals surface area contributed by atoms with Crippen molar-refractivity contribution in [3.8, 4) is 11.4 Å². The third kappa shape index (κ3) is 3.83. The van der Waals surface area contributed by atoms with Crippen molar-refractivity contribution < 1.29 is 9.59 Å². The van der Waals surface area contributed by atoms with Crippen molar-refractivity contribution >= 4 is 46.8 Å². The molecule has 2 aromatic carbocycles. The smallest absolute Gasteiger partial charge is 0.262 e. The molecule has 6 nitrogen and oxygen atoms in total. The maximum absolute atomic E-state index is 12.7. The first-order valence-corrected chi connectivity index (χ1v) is 12.3. The first-order chi connectivity index (χ1) is 15.5. The number of aromatic nitrogens is 3. The third-order valence-electron chi connectivity index (χ3n) is 5.98. The van der Waals surface area contributed by atoms with Crippen LogP contribution in [0.2, 0.25) is 10.0 Å². The summed E-state index contributed by atoms with van der Waals surface area (Å²) in [6.07, 6.45) is 5.54. The molecular weight excluding hydrogens is 467 g/mol. The van der Waals surface area contributed by atoms with E-state index in [1.165, 1.54) is 23.1 Å². The Balaban J connectivity index is 1.46. The summed E-state index contributed by atoms with van der Waals surface area (Å²) in [5.41, 5.74) is 1.66. The van der Waals surface area contributed by atoms with Crippen LogP contribution >= 0.6 is 35.0 Å². The highest BCUT2D eigenvalue weighted by molar-refractivity contribution is 7.99. The van der Waals surface area contributed by atoms with E-state index in [0.29, 0.717) is 32.2 Å². The van der Waals surface area contributed by atoms with Crippen molar-refractivity contribution in [3.05, 3.63) is 63.6 Å². The molecule has 2 aliphatic rings. The number of fused-ring (bicyclic) bond motifs is 1. The Bertz CT molecular complexity index is 1170. The number of halogens is 2. The molecule has 2 amide bonds. The molecule has 0 saturated heterocycles. The molecule has 32 heavy (non-hydrogen) atoms. The maximum atomic E-state index is 12.7. The van der Waals surface area contributed by atoms with Gasteiger partial charge in [0.05, 0.1) is 22.0 Å². The van der Waals surface area contributed by atoms with E-state index in [0.717, 1.165) is 31.2 Å². The van der Waals surface area contributed by atoms with Gasteiger partial charge in [-0.15, -0.1) is 10.2 Å². The molecule has 1 saturated carbocycles. The molecule has 9 heteroatoms. The van der Waals surface area contributed by atoms with E-state index in [1.54, 1.807) is 36.4 Å². The fourth-order valence-electron chi connectivity index (χ4n) is 4.38. The van der Waals surface area contributed by atoms with E-state index >= 15 is 0 Å². The van der Waals surface area contributed by atoms with Crippen LogP contribution < -0.4 is 0 Å². The molecule has 0 radical (unpaired) electrons. The van der Waals surface area contributed by atoms with Crippen molar-refractivity contribution in [1.82, 2.24) is 19.7 Å². The fraction of sp³-hybridized carbons (Fsp3) is 0.304. The minimum atomic E-state index is -0.275. The van der Waals surface area contributed by atoms with Gasteiger partial charge < -0.3 is 0 Å². The average Bonchev–Trinajstić information content (AvgIpc) is 3.32. The van der Waals surface area contributed by atoms with Gasteiger partial charge in [0.15, 0.2) is 11.0 Å². The number of rotatable bonds is 5. The molecule has 5 rings (SSSR count). The Morgan fingerprint density at radius 2 is 1.59 bits per heavy atom. The Labute approximate surface area is 199 Å². The van der Waals surface area contributed by atoms with E-state index < -0.39 is 0 Å². The van der Waals surface area contributed by atoms with Gasteiger partial charge in [0.2, 0.25) is 0 Å². The Morgan fingerprint density at radius 1 is 0.906 bits per heavy atom. The molecule has 1 aliphatic carbocycles. The van der Waals surface area contributed by atoms with Crippen LogP contribution in [0.5, 0.6) is 0 Å². The summed E-state index contributed by atoms with van der Waals surface area (Å²) in [5.74, 6) is 0.306. The number of imide groups is 1. The number of carbonyl (C=O) groups is 2. The first-order valence-electron chi connectivity index (χ1n) is 10.5. The Morgan fingerprint density at radius 3 is 2.25 bits per heavy atom. The van der Waals surface area contributed by atoms with Crippen LogP contribution in [0.25, 0.3) is 11.4 Å². The fourth-order valence-corrected chi connectivity index (χ4v) is 5.82. The monoisotopic (exact) mass is 486 g/mol. The highest BCUT2D eigenvalue weighted by atomic mass is 35.5. The zero-order valence-corrected chi connectivity index (χ0v) is 19.5. The quantitative estimate of drug-likeness (QED) is 0.321. The zero-order chi connectivity index (χ0) is 22.2. The maximum Gasteiger partial charge on any atom is 0.262 e. The van der Waals surface area contributed by atoms with Crippen molar-refractivity contribution in [3.63, 3.8) is 0 Å². The molecule has 1 fully saturated rings. The molecule has 1 aromatic heterocycles. The van der Waals surface area contributed by atoms with E-state index in [-0.39, 0.29) is 23.7 Å². The largest absolute Gasteiger partial charge is 0.299 e. The van der Waals surface area contributed by atoms with Crippen molar-refractivity contribution in [2.75, 3.05) is 5.88 Å². The van der Waals surface area contributed by atoms with Gasteiger partial charge in [-0.05, 0) is 43.2 Å². The number of hydrogen-bond donors (Lipinski definition) is 0. The van der Waals surface area contributed by atoms with E-state index in [4.69, 9.17) is 23.2 Å². The lowest BCUT2D eigenvalue weighted by atomic mass is 9.95. The van der Waals surface area contributed by atoms with Crippen molar-refractivity contribution in [1.29, 1.82) is 0 Å².